The second-order valence-electron chi connectivity index (χ2n) is 7.42. The number of aryl methyl sites for hydroxylation is 1. The molecule has 10 heteroatoms. The van der Waals surface area contributed by atoms with E-state index in [-0.39, 0.29) is 28.1 Å². The lowest BCUT2D eigenvalue weighted by atomic mass is 10.2. The number of benzene rings is 2. The Hall–Kier alpha value is -2.78. The van der Waals surface area contributed by atoms with Crippen molar-refractivity contribution in [1.29, 1.82) is 0 Å². The summed E-state index contributed by atoms with van der Waals surface area (Å²) in [7, 11) is 0. The van der Waals surface area contributed by atoms with Crippen molar-refractivity contribution in [1.82, 2.24) is 9.66 Å². The van der Waals surface area contributed by atoms with Crippen molar-refractivity contribution in [3.63, 3.8) is 0 Å². The highest BCUT2D eigenvalue weighted by molar-refractivity contribution is 9.10. The molecule has 0 fully saturated rings. The lowest BCUT2D eigenvalue weighted by Crippen LogP contribution is -2.22. The predicted molar refractivity (Wildman–Crippen MR) is 129 cm³/mol. The first-order chi connectivity index (χ1) is 15.2. The van der Waals surface area contributed by atoms with E-state index in [1.807, 2.05) is 13.0 Å². The quantitative estimate of drug-likeness (QED) is 0.214. The van der Waals surface area contributed by atoms with Crippen LogP contribution in [0.1, 0.15) is 45.0 Å². The first kappa shape index (κ1) is 23.9. The first-order valence-corrected chi connectivity index (χ1v) is 11.3. The lowest BCUT2D eigenvalue weighted by molar-refractivity contribution is -0.386. The third-order valence-corrected chi connectivity index (χ3v) is 5.27. The molecular weight excluding hydrogens is 500 g/mol. The fraction of sp³-hybridized carbons (Fsp3) is 0.318. The Morgan fingerprint density at radius 1 is 1.34 bits per heavy atom. The van der Waals surface area contributed by atoms with Crippen LogP contribution in [0.4, 0.5) is 5.69 Å². The fourth-order valence-corrected chi connectivity index (χ4v) is 3.71. The van der Waals surface area contributed by atoms with E-state index in [0.29, 0.717) is 28.7 Å². The van der Waals surface area contributed by atoms with Gasteiger partial charge in [-0.2, -0.15) is 9.78 Å². The molecule has 0 radical (unpaired) electrons. The maximum absolute atomic E-state index is 13.2. The molecule has 1 aromatic heterocycles. The molecule has 8 nitrogen and oxygen atoms in total. The average molecular weight is 522 g/mol. The number of unbranched alkanes of at least 4 members (excludes halogenated alkanes) is 1. The number of nitro benzene ring substituents is 1. The minimum Gasteiger partial charge on any atom is -0.484 e. The minimum absolute atomic E-state index is 0.0396. The molecule has 0 aliphatic heterocycles. The van der Waals surface area contributed by atoms with E-state index in [1.165, 1.54) is 23.0 Å². The average Bonchev–Trinajstić information content (AvgIpc) is 2.73. The highest BCUT2D eigenvalue weighted by Crippen LogP contribution is 2.34. The van der Waals surface area contributed by atoms with Crippen molar-refractivity contribution >= 4 is 50.3 Å². The van der Waals surface area contributed by atoms with Gasteiger partial charge in [-0.3, -0.25) is 14.9 Å². The van der Waals surface area contributed by atoms with Gasteiger partial charge in [-0.25, -0.2) is 4.98 Å². The molecule has 3 rings (SSSR count). The first-order valence-electron chi connectivity index (χ1n) is 10.1. The van der Waals surface area contributed by atoms with Crippen molar-refractivity contribution in [2.75, 3.05) is 0 Å². The maximum atomic E-state index is 13.2. The summed E-state index contributed by atoms with van der Waals surface area (Å²) in [5, 5.41) is 16.5. The third-order valence-electron chi connectivity index (χ3n) is 4.55. The van der Waals surface area contributed by atoms with Crippen molar-refractivity contribution < 1.29 is 9.66 Å². The number of halogens is 2. The van der Waals surface area contributed by atoms with Crippen LogP contribution in [0.15, 0.2) is 44.7 Å². The van der Waals surface area contributed by atoms with Gasteiger partial charge in [0.25, 0.3) is 5.56 Å². The van der Waals surface area contributed by atoms with Gasteiger partial charge < -0.3 is 4.74 Å². The second-order valence-corrected chi connectivity index (χ2v) is 8.77. The molecule has 3 aromatic rings. The van der Waals surface area contributed by atoms with Gasteiger partial charge >= 0.3 is 5.69 Å². The molecule has 1 heterocycles. The van der Waals surface area contributed by atoms with Crippen molar-refractivity contribution in [2.24, 2.45) is 5.10 Å². The Labute approximate surface area is 198 Å². The Morgan fingerprint density at radius 3 is 2.75 bits per heavy atom. The van der Waals surface area contributed by atoms with Crippen LogP contribution >= 0.6 is 27.5 Å². The van der Waals surface area contributed by atoms with Gasteiger partial charge in [0.15, 0.2) is 0 Å². The van der Waals surface area contributed by atoms with Crippen LogP contribution in [0.2, 0.25) is 5.02 Å². The minimum atomic E-state index is -0.561. The van der Waals surface area contributed by atoms with Crippen molar-refractivity contribution in [2.45, 2.75) is 46.1 Å². The van der Waals surface area contributed by atoms with E-state index in [0.717, 1.165) is 17.3 Å². The second kappa shape index (κ2) is 10.2. The zero-order valence-electron chi connectivity index (χ0n) is 17.8. The summed E-state index contributed by atoms with van der Waals surface area (Å²) in [6.45, 7) is 5.57. The normalized spacial score (nSPS) is 11.6. The molecular formula is C22H22BrClN4O4. The van der Waals surface area contributed by atoms with Gasteiger partial charge in [0.05, 0.1) is 28.1 Å². The van der Waals surface area contributed by atoms with Crippen LogP contribution in [0, 0.1) is 10.1 Å². The lowest BCUT2D eigenvalue weighted by Gasteiger charge is -2.13. The van der Waals surface area contributed by atoms with E-state index in [2.05, 4.69) is 26.0 Å². The molecule has 0 aliphatic rings. The van der Waals surface area contributed by atoms with Gasteiger partial charge in [-0.1, -0.05) is 40.9 Å². The van der Waals surface area contributed by atoms with Crippen LogP contribution in [-0.2, 0) is 6.42 Å². The molecule has 0 unspecified atom stereocenters. The summed E-state index contributed by atoms with van der Waals surface area (Å²) in [5.41, 5.74) is 0.270. The maximum Gasteiger partial charge on any atom is 0.313 e. The smallest absolute Gasteiger partial charge is 0.313 e. The standard InChI is InChI=1S/C22H22BrClN4O4/c1-4-5-6-20-26-18-8-7-15(23)10-17(18)22(29)27(20)25-12-14-9-16(24)11-19(28(30)31)21(14)32-13(2)3/h7-13H,4-6H2,1-3H3. The summed E-state index contributed by atoms with van der Waals surface area (Å²) >= 11 is 9.48. The van der Waals surface area contributed by atoms with Crippen LogP contribution in [0.25, 0.3) is 10.9 Å². The van der Waals surface area contributed by atoms with Crippen LogP contribution in [-0.4, -0.2) is 26.9 Å². The van der Waals surface area contributed by atoms with E-state index >= 15 is 0 Å². The zero-order chi connectivity index (χ0) is 23.4. The Balaban J connectivity index is 2.20. The summed E-state index contributed by atoms with van der Waals surface area (Å²) in [4.78, 5) is 28.8. The van der Waals surface area contributed by atoms with Gasteiger partial charge in [-0.15, -0.1) is 0 Å². The highest BCUT2D eigenvalue weighted by Gasteiger charge is 2.22. The van der Waals surface area contributed by atoms with E-state index < -0.39 is 4.92 Å². The molecule has 168 valence electrons. The molecule has 0 bridgehead atoms. The van der Waals surface area contributed by atoms with Crippen LogP contribution in [0.3, 0.4) is 0 Å². The molecule has 0 N–H and O–H groups in total. The zero-order valence-corrected chi connectivity index (χ0v) is 20.2. The molecule has 0 saturated heterocycles. The van der Waals surface area contributed by atoms with Crippen molar-refractivity contribution in [3.05, 3.63) is 71.7 Å². The SMILES string of the molecule is CCCCc1nc2ccc(Br)cc2c(=O)n1N=Cc1cc(Cl)cc([N+](=O)[O-])c1OC(C)C. The monoisotopic (exact) mass is 520 g/mol. The number of fused-ring (bicyclic) bond motifs is 1. The predicted octanol–water partition coefficient (Wildman–Crippen LogP) is 5.73. The molecule has 2 aromatic carbocycles. The Bertz CT molecular complexity index is 1260. The molecule has 0 aliphatic carbocycles. The number of nitro groups is 1. The summed E-state index contributed by atoms with van der Waals surface area (Å²) < 4.78 is 7.67. The number of rotatable bonds is 8. The summed E-state index contributed by atoms with van der Waals surface area (Å²) in [6, 6.07) is 8.03. The largest absolute Gasteiger partial charge is 0.484 e. The van der Waals surface area contributed by atoms with E-state index in [1.54, 1.807) is 26.0 Å². The number of aromatic nitrogens is 2. The van der Waals surface area contributed by atoms with Gasteiger partial charge in [0.2, 0.25) is 5.75 Å². The number of hydrogen-bond donors (Lipinski definition) is 0. The van der Waals surface area contributed by atoms with Crippen molar-refractivity contribution in [3.8, 4) is 5.75 Å². The van der Waals surface area contributed by atoms with Crippen LogP contribution < -0.4 is 10.3 Å². The van der Waals surface area contributed by atoms with Gasteiger partial charge in [0, 0.05) is 27.5 Å². The Kier molecular flexibility index (Phi) is 7.63. The number of hydrogen-bond acceptors (Lipinski definition) is 6. The highest BCUT2D eigenvalue weighted by atomic mass is 79.9. The topological polar surface area (TPSA) is 99.6 Å². The van der Waals surface area contributed by atoms with Gasteiger partial charge in [-0.05, 0) is 44.5 Å². The number of ether oxygens (including phenoxy) is 1. The van der Waals surface area contributed by atoms with Crippen LogP contribution in [0.5, 0.6) is 5.75 Å². The van der Waals surface area contributed by atoms with Gasteiger partial charge in [0.1, 0.15) is 5.82 Å². The molecule has 32 heavy (non-hydrogen) atoms. The molecule has 0 amide bonds. The summed E-state index contributed by atoms with van der Waals surface area (Å²) in [6.07, 6.45) is 3.34. The molecule has 0 spiro atoms. The van der Waals surface area contributed by atoms with E-state index in [9.17, 15) is 14.9 Å². The molecule has 0 atom stereocenters. The molecule has 0 saturated carbocycles. The number of nitrogens with zero attached hydrogens (tertiary/aromatic N) is 4. The fourth-order valence-electron chi connectivity index (χ4n) is 3.13. The third kappa shape index (κ3) is 5.34. The van der Waals surface area contributed by atoms with E-state index in [4.69, 9.17) is 16.3 Å². The Morgan fingerprint density at radius 2 is 2.09 bits per heavy atom. The summed E-state index contributed by atoms with van der Waals surface area (Å²) in [5.74, 6) is 0.545.